The number of nitrogen functional groups attached to an aromatic ring is 1. The molecule has 2 rings (SSSR count). The van der Waals surface area contributed by atoms with Crippen LogP contribution in [0.25, 0.3) is 0 Å². The standard InChI is InChI=1S/C11H14N2O4S/c1-17-11(14)7-18(15,16)13-5-4-8-2-3-9(12)6-10(8)13/h2-3,6H,4-5,7,12H2,1H3. The lowest BCUT2D eigenvalue weighted by atomic mass is 10.1. The molecule has 1 aromatic carbocycles. The molecule has 0 atom stereocenters. The van der Waals surface area contributed by atoms with E-state index in [1.807, 2.05) is 0 Å². The second-order valence-electron chi connectivity index (χ2n) is 4.04. The van der Waals surface area contributed by atoms with Gasteiger partial charge in [0.15, 0.2) is 5.75 Å². The van der Waals surface area contributed by atoms with Crippen molar-refractivity contribution in [1.82, 2.24) is 0 Å². The number of esters is 1. The lowest BCUT2D eigenvalue weighted by Gasteiger charge is -2.18. The number of carbonyl (C=O) groups excluding carboxylic acids is 1. The summed E-state index contributed by atoms with van der Waals surface area (Å²) >= 11 is 0. The number of anilines is 2. The van der Waals surface area contributed by atoms with Crippen molar-refractivity contribution in [3.63, 3.8) is 0 Å². The molecule has 1 heterocycles. The molecular formula is C11H14N2O4S. The minimum atomic E-state index is -3.70. The number of sulfonamides is 1. The Morgan fingerprint density at radius 2 is 2.22 bits per heavy atom. The monoisotopic (exact) mass is 270 g/mol. The van der Waals surface area contributed by atoms with E-state index in [0.29, 0.717) is 24.3 Å². The molecule has 2 N–H and O–H groups in total. The first-order valence-electron chi connectivity index (χ1n) is 5.39. The van der Waals surface area contributed by atoms with Crippen molar-refractivity contribution in [3.05, 3.63) is 23.8 Å². The molecule has 0 amide bonds. The third kappa shape index (κ3) is 2.26. The zero-order valence-corrected chi connectivity index (χ0v) is 10.7. The average molecular weight is 270 g/mol. The molecule has 98 valence electrons. The van der Waals surface area contributed by atoms with Crippen LogP contribution in [0.5, 0.6) is 0 Å². The first-order valence-corrected chi connectivity index (χ1v) is 7.00. The highest BCUT2D eigenvalue weighted by Gasteiger charge is 2.31. The van der Waals surface area contributed by atoms with E-state index in [1.165, 1.54) is 4.31 Å². The van der Waals surface area contributed by atoms with Crippen molar-refractivity contribution in [2.75, 3.05) is 29.4 Å². The summed E-state index contributed by atoms with van der Waals surface area (Å²) < 4.78 is 29.7. The van der Waals surface area contributed by atoms with Gasteiger partial charge in [-0.3, -0.25) is 9.10 Å². The van der Waals surface area contributed by atoms with E-state index in [-0.39, 0.29) is 0 Å². The van der Waals surface area contributed by atoms with Gasteiger partial charge in [-0.25, -0.2) is 8.42 Å². The van der Waals surface area contributed by atoms with Crippen molar-refractivity contribution < 1.29 is 17.9 Å². The maximum atomic E-state index is 12.1. The fraction of sp³-hybridized carbons (Fsp3) is 0.364. The predicted molar refractivity (Wildman–Crippen MR) is 67.7 cm³/mol. The summed E-state index contributed by atoms with van der Waals surface area (Å²) in [5.74, 6) is -1.43. The van der Waals surface area contributed by atoms with Crippen molar-refractivity contribution in [1.29, 1.82) is 0 Å². The zero-order chi connectivity index (χ0) is 13.3. The SMILES string of the molecule is COC(=O)CS(=O)(=O)N1CCc2ccc(N)cc21. The van der Waals surface area contributed by atoms with E-state index in [1.54, 1.807) is 18.2 Å². The number of rotatable bonds is 3. The molecule has 0 aromatic heterocycles. The fourth-order valence-electron chi connectivity index (χ4n) is 1.94. The number of carbonyl (C=O) groups is 1. The quantitative estimate of drug-likeness (QED) is 0.623. The Balaban J connectivity index is 2.33. The van der Waals surface area contributed by atoms with Gasteiger partial charge in [0.2, 0.25) is 10.0 Å². The van der Waals surface area contributed by atoms with E-state index in [4.69, 9.17) is 5.73 Å². The molecular weight excluding hydrogens is 256 g/mol. The van der Waals surface area contributed by atoms with Gasteiger partial charge in [0.1, 0.15) is 0 Å². The number of fused-ring (bicyclic) bond motifs is 1. The van der Waals surface area contributed by atoms with Crippen molar-refractivity contribution in [2.24, 2.45) is 0 Å². The summed E-state index contributed by atoms with van der Waals surface area (Å²) in [5, 5.41) is 0. The zero-order valence-electron chi connectivity index (χ0n) is 9.92. The molecule has 7 heteroatoms. The molecule has 0 aliphatic carbocycles. The van der Waals surface area contributed by atoms with E-state index in [2.05, 4.69) is 4.74 Å². The molecule has 0 bridgehead atoms. The molecule has 1 aliphatic rings. The van der Waals surface area contributed by atoms with E-state index < -0.39 is 21.7 Å². The highest BCUT2D eigenvalue weighted by Crippen LogP contribution is 2.32. The van der Waals surface area contributed by atoms with Gasteiger partial charge in [-0.2, -0.15) is 0 Å². The Labute approximate surface area is 105 Å². The highest BCUT2D eigenvalue weighted by molar-refractivity contribution is 7.93. The maximum Gasteiger partial charge on any atom is 0.322 e. The van der Waals surface area contributed by atoms with Gasteiger partial charge in [-0.1, -0.05) is 6.07 Å². The van der Waals surface area contributed by atoms with Crippen LogP contribution in [0, 0.1) is 0 Å². The third-order valence-electron chi connectivity index (χ3n) is 2.83. The van der Waals surface area contributed by atoms with Gasteiger partial charge >= 0.3 is 5.97 Å². The van der Waals surface area contributed by atoms with Gasteiger partial charge in [0.05, 0.1) is 12.8 Å². The van der Waals surface area contributed by atoms with Crippen LogP contribution in [0.1, 0.15) is 5.56 Å². The lowest BCUT2D eigenvalue weighted by Crippen LogP contribution is -2.34. The summed E-state index contributed by atoms with van der Waals surface area (Å²) in [7, 11) is -2.54. The molecule has 0 radical (unpaired) electrons. The van der Waals surface area contributed by atoms with Crippen molar-refractivity contribution >= 4 is 27.4 Å². The van der Waals surface area contributed by atoms with Crippen molar-refractivity contribution in [2.45, 2.75) is 6.42 Å². The minimum Gasteiger partial charge on any atom is -0.468 e. The summed E-state index contributed by atoms with van der Waals surface area (Å²) in [6.07, 6.45) is 0.621. The summed E-state index contributed by atoms with van der Waals surface area (Å²) in [6.45, 7) is 0.331. The van der Waals surface area contributed by atoms with Crippen LogP contribution in [0.15, 0.2) is 18.2 Å². The number of hydrogen-bond acceptors (Lipinski definition) is 5. The number of benzene rings is 1. The largest absolute Gasteiger partial charge is 0.468 e. The number of nitrogens with two attached hydrogens (primary N) is 1. The Kier molecular flexibility index (Phi) is 3.16. The van der Waals surface area contributed by atoms with Crippen LogP contribution in [0.2, 0.25) is 0 Å². The van der Waals surface area contributed by atoms with Gasteiger partial charge in [0.25, 0.3) is 0 Å². The molecule has 6 nitrogen and oxygen atoms in total. The number of nitrogens with zero attached hydrogens (tertiary/aromatic N) is 1. The van der Waals surface area contributed by atoms with Crippen LogP contribution in [-0.4, -0.2) is 33.8 Å². The maximum absolute atomic E-state index is 12.1. The highest BCUT2D eigenvalue weighted by atomic mass is 32.2. The molecule has 0 spiro atoms. The molecule has 0 saturated carbocycles. The first-order chi connectivity index (χ1) is 8.44. The van der Waals surface area contributed by atoms with E-state index in [9.17, 15) is 13.2 Å². The Morgan fingerprint density at radius 1 is 1.50 bits per heavy atom. The molecule has 1 aliphatic heterocycles. The Bertz CT molecular complexity index is 583. The molecule has 0 saturated heterocycles. The van der Waals surface area contributed by atoms with E-state index >= 15 is 0 Å². The molecule has 0 unspecified atom stereocenters. The van der Waals surface area contributed by atoms with Crippen molar-refractivity contribution in [3.8, 4) is 0 Å². The van der Waals surface area contributed by atoms with Crippen LogP contribution in [0.3, 0.4) is 0 Å². The number of methoxy groups -OCH3 is 1. The summed E-state index contributed by atoms with van der Waals surface area (Å²) in [5.41, 5.74) is 7.61. The Morgan fingerprint density at radius 3 is 2.89 bits per heavy atom. The van der Waals surface area contributed by atoms with Gasteiger partial charge in [-0.15, -0.1) is 0 Å². The molecule has 0 fully saturated rings. The lowest BCUT2D eigenvalue weighted by molar-refractivity contribution is -0.137. The van der Waals surface area contributed by atoms with Gasteiger partial charge < -0.3 is 10.5 Å². The smallest absolute Gasteiger partial charge is 0.322 e. The van der Waals surface area contributed by atoms with Crippen LogP contribution >= 0.6 is 0 Å². The second kappa shape index (κ2) is 4.49. The number of ether oxygens (including phenoxy) is 1. The van der Waals surface area contributed by atoms with Crippen LogP contribution in [-0.2, 0) is 26.0 Å². The summed E-state index contributed by atoms with van der Waals surface area (Å²) in [6, 6.07) is 5.14. The number of hydrogen-bond donors (Lipinski definition) is 1. The Hall–Kier alpha value is -1.76. The molecule has 1 aromatic rings. The summed E-state index contributed by atoms with van der Waals surface area (Å²) in [4.78, 5) is 11.1. The van der Waals surface area contributed by atoms with Crippen LogP contribution in [0.4, 0.5) is 11.4 Å². The minimum absolute atomic E-state index is 0.331. The normalized spacial score (nSPS) is 14.4. The average Bonchev–Trinajstić information content (AvgIpc) is 2.71. The third-order valence-corrected chi connectivity index (χ3v) is 4.48. The first kappa shape index (κ1) is 12.7. The van der Waals surface area contributed by atoms with E-state index in [0.717, 1.165) is 12.7 Å². The second-order valence-corrected chi connectivity index (χ2v) is 5.94. The van der Waals surface area contributed by atoms with Gasteiger partial charge in [-0.05, 0) is 24.1 Å². The van der Waals surface area contributed by atoms with Gasteiger partial charge in [0, 0.05) is 12.2 Å². The fourth-order valence-corrected chi connectivity index (χ4v) is 3.35. The predicted octanol–water partition coefficient (Wildman–Crippen LogP) is 0.134. The topological polar surface area (TPSA) is 89.7 Å². The molecule has 18 heavy (non-hydrogen) atoms. The van der Waals surface area contributed by atoms with Crippen LogP contribution < -0.4 is 10.0 Å².